The second kappa shape index (κ2) is 7.59. The van der Waals surface area contributed by atoms with Crippen LogP contribution < -0.4 is 11.5 Å². The van der Waals surface area contributed by atoms with Crippen molar-refractivity contribution < 1.29 is 0 Å². The van der Waals surface area contributed by atoms with Gasteiger partial charge in [-0.15, -0.1) is 0 Å². The molecular formula is C18H26N2. The molecule has 0 aromatic heterocycles. The molecule has 0 amide bonds. The van der Waals surface area contributed by atoms with Crippen LogP contribution in [-0.2, 0) is 0 Å². The van der Waals surface area contributed by atoms with Crippen LogP contribution >= 0.6 is 0 Å². The first-order valence-corrected chi connectivity index (χ1v) is 7.11. The van der Waals surface area contributed by atoms with Gasteiger partial charge in [0.25, 0.3) is 0 Å². The molecule has 0 saturated carbocycles. The van der Waals surface area contributed by atoms with Crippen molar-refractivity contribution in [2.24, 2.45) is 0 Å². The molecule has 0 aliphatic heterocycles. The molecule has 108 valence electrons. The van der Waals surface area contributed by atoms with Gasteiger partial charge in [-0.1, -0.05) is 52.0 Å². The summed E-state index contributed by atoms with van der Waals surface area (Å²) in [6.45, 7) is 8.67. The minimum absolute atomic E-state index is 0.573. The maximum absolute atomic E-state index is 5.60. The zero-order chi connectivity index (χ0) is 15.1. The quantitative estimate of drug-likeness (QED) is 0.771. The van der Waals surface area contributed by atoms with Gasteiger partial charge in [-0.2, -0.15) is 0 Å². The molecule has 0 aliphatic carbocycles. The summed E-state index contributed by atoms with van der Waals surface area (Å²) in [5.41, 5.74) is 15.5. The number of benzene rings is 2. The first-order chi connectivity index (χ1) is 9.40. The number of hydrogen-bond donors (Lipinski definition) is 2. The fourth-order valence-corrected chi connectivity index (χ4v) is 1.80. The van der Waals surface area contributed by atoms with Gasteiger partial charge in [0.2, 0.25) is 0 Å². The zero-order valence-electron chi connectivity index (χ0n) is 12.9. The predicted octanol–water partition coefficient (Wildman–Crippen LogP) is 4.78. The molecule has 0 saturated heterocycles. The van der Waals surface area contributed by atoms with Gasteiger partial charge in [-0.25, -0.2) is 0 Å². The molecule has 0 bridgehead atoms. The molecule has 2 heteroatoms. The van der Waals surface area contributed by atoms with E-state index in [4.69, 9.17) is 11.5 Å². The van der Waals surface area contributed by atoms with Crippen LogP contribution in [0.25, 0.3) is 0 Å². The summed E-state index contributed by atoms with van der Waals surface area (Å²) in [5, 5.41) is 0. The van der Waals surface area contributed by atoms with Crippen LogP contribution in [0.2, 0.25) is 0 Å². The van der Waals surface area contributed by atoms with Crippen molar-refractivity contribution in [3.05, 3.63) is 59.7 Å². The lowest BCUT2D eigenvalue weighted by Gasteiger charge is -2.04. The van der Waals surface area contributed by atoms with Gasteiger partial charge in [-0.05, 0) is 47.2 Å². The molecule has 20 heavy (non-hydrogen) atoms. The van der Waals surface area contributed by atoms with Crippen molar-refractivity contribution in [1.29, 1.82) is 0 Å². The molecule has 4 N–H and O–H groups in total. The summed E-state index contributed by atoms with van der Waals surface area (Å²) in [4.78, 5) is 0. The van der Waals surface area contributed by atoms with E-state index in [1.807, 2.05) is 30.3 Å². The Labute approximate surface area is 122 Å². The molecule has 0 unspecified atom stereocenters. The first kappa shape index (κ1) is 16.1. The Morgan fingerprint density at radius 2 is 1.20 bits per heavy atom. The standard InChI is InChI=1S/2C9H13N/c1-7(2)8-3-5-9(10)6-4-8;1-7(2)8-4-3-5-9(10)6-8/h2*3-7H,10H2,1-2H3. The molecule has 0 fully saturated rings. The Morgan fingerprint density at radius 1 is 0.650 bits per heavy atom. The number of anilines is 2. The Bertz CT molecular complexity index is 513. The molecule has 2 aromatic carbocycles. The van der Waals surface area contributed by atoms with E-state index in [0.717, 1.165) is 11.4 Å². The van der Waals surface area contributed by atoms with Crippen LogP contribution in [0.5, 0.6) is 0 Å². The summed E-state index contributed by atoms with van der Waals surface area (Å²) in [6, 6.07) is 16.0. The average molecular weight is 270 g/mol. The molecule has 0 atom stereocenters. The first-order valence-electron chi connectivity index (χ1n) is 7.11. The third-order valence-electron chi connectivity index (χ3n) is 3.18. The second-order valence-electron chi connectivity index (χ2n) is 5.65. The molecule has 2 rings (SSSR count). The van der Waals surface area contributed by atoms with Crippen molar-refractivity contribution in [2.45, 2.75) is 39.5 Å². The van der Waals surface area contributed by atoms with E-state index in [2.05, 4.69) is 45.9 Å². The fourth-order valence-electron chi connectivity index (χ4n) is 1.80. The van der Waals surface area contributed by atoms with Gasteiger partial charge >= 0.3 is 0 Å². The SMILES string of the molecule is CC(C)c1ccc(N)cc1.CC(C)c1cccc(N)c1. The fraction of sp³-hybridized carbons (Fsp3) is 0.333. The molecule has 2 aromatic rings. The number of nitrogen functional groups attached to an aromatic ring is 2. The smallest absolute Gasteiger partial charge is 0.0316 e. The minimum atomic E-state index is 0.573. The zero-order valence-corrected chi connectivity index (χ0v) is 12.9. The average Bonchev–Trinajstić information content (AvgIpc) is 2.40. The van der Waals surface area contributed by atoms with E-state index in [-0.39, 0.29) is 0 Å². The van der Waals surface area contributed by atoms with Gasteiger partial charge in [0.15, 0.2) is 0 Å². The van der Waals surface area contributed by atoms with Crippen molar-refractivity contribution in [3.8, 4) is 0 Å². The third-order valence-corrected chi connectivity index (χ3v) is 3.18. The van der Waals surface area contributed by atoms with Crippen molar-refractivity contribution in [3.63, 3.8) is 0 Å². The van der Waals surface area contributed by atoms with E-state index in [0.29, 0.717) is 11.8 Å². The monoisotopic (exact) mass is 270 g/mol. The van der Waals surface area contributed by atoms with Crippen molar-refractivity contribution in [1.82, 2.24) is 0 Å². The van der Waals surface area contributed by atoms with Crippen LogP contribution in [0.1, 0.15) is 50.7 Å². The third kappa shape index (κ3) is 5.35. The van der Waals surface area contributed by atoms with Gasteiger partial charge < -0.3 is 11.5 Å². The van der Waals surface area contributed by atoms with E-state index < -0.39 is 0 Å². The molecule has 0 heterocycles. The highest BCUT2D eigenvalue weighted by Gasteiger charge is 1.97. The Morgan fingerprint density at radius 3 is 1.60 bits per heavy atom. The Hall–Kier alpha value is -1.96. The van der Waals surface area contributed by atoms with E-state index >= 15 is 0 Å². The summed E-state index contributed by atoms with van der Waals surface area (Å²) >= 11 is 0. The van der Waals surface area contributed by atoms with Crippen molar-refractivity contribution >= 4 is 11.4 Å². The van der Waals surface area contributed by atoms with Crippen LogP contribution in [0, 0.1) is 0 Å². The van der Waals surface area contributed by atoms with E-state index in [1.54, 1.807) is 0 Å². The Balaban J connectivity index is 0.000000200. The van der Waals surface area contributed by atoms with Crippen molar-refractivity contribution in [2.75, 3.05) is 11.5 Å². The van der Waals surface area contributed by atoms with E-state index in [1.165, 1.54) is 11.1 Å². The highest BCUT2D eigenvalue weighted by atomic mass is 14.5. The summed E-state index contributed by atoms with van der Waals surface area (Å²) in [7, 11) is 0. The lowest BCUT2D eigenvalue weighted by molar-refractivity contribution is 0.867. The maximum Gasteiger partial charge on any atom is 0.0316 e. The number of hydrogen-bond acceptors (Lipinski definition) is 2. The summed E-state index contributed by atoms with van der Waals surface area (Å²) in [6.07, 6.45) is 0. The molecular weight excluding hydrogens is 244 g/mol. The van der Waals surface area contributed by atoms with Gasteiger partial charge in [-0.3, -0.25) is 0 Å². The highest BCUT2D eigenvalue weighted by molar-refractivity contribution is 5.41. The lowest BCUT2D eigenvalue weighted by atomic mass is 10.0. The molecule has 2 nitrogen and oxygen atoms in total. The largest absolute Gasteiger partial charge is 0.399 e. The normalized spacial score (nSPS) is 10.3. The van der Waals surface area contributed by atoms with Gasteiger partial charge in [0.05, 0.1) is 0 Å². The van der Waals surface area contributed by atoms with Crippen LogP contribution in [-0.4, -0.2) is 0 Å². The molecule has 0 radical (unpaired) electrons. The predicted molar refractivity (Wildman–Crippen MR) is 89.9 cm³/mol. The lowest BCUT2D eigenvalue weighted by Crippen LogP contribution is -1.89. The van der Waals surface area contributed by atoms with Crippen LogP contribution in [0.15, 0.2) is 48.5 Å². The second-order valence-corrected chi connectivity index (χ2v) is 5.65. The topological polar surface area (TPSA) is 52.0 Å². The van der Waals surface area contributed by atoms with Crippen LogP contribution in [0.4, 0.5) is 11.4 Å². The van der Waals surface area contributed by atoms with Gasteiger partial charge in [0.1, 0.15) is 0 Å². The molecule has 0 spiro atoms. The van der Waals surface area contributed by atoms with Crippen LogP contribution in [0.3, 0.4) is 0 Å². The highest BCUT2D eigenvalue weighted by Crippen LogP contribution is 2.16. The molecule has 0 aliphatic rings. The maximum atomic E-state index is 5.60. The van der Waals surface area contributed by atoms with Gasteiger partial charge in [0, 0.05) is 11.4 Å². The Kier molecular flexibility index (Phi) is 6.10. The number of rotatable bonds is 2. The van der Waals surface area contributed by atoms with E-state index in [9.17, 15) is 0 Å². The summed E-state index contributed by atoms with van der Waals surface area (Å²) < 4.78 is 0. The number of nitrogens with two attached hydrogens (primary N) is 2. The summed E-state index contributed by atoms with van der Waals surface area (Å²) in [5.74, 6) is 1.17. The minimum Gasteiger partial charge on any atom is -0.399 e.